The molecule has 1 aromatic heterocycles. The molecule has 0 bridgehead atoms. The van der Waals surface area contributed by atoms with E-state index >= 15 is 0 Å². The van der Waals surface area contributed by atoms with Crippen molar-refractivity contribution in [2.45, 2.75) is 31.7 Å². The number of rotatable bonds is 2. The van der Waals surface area contributed by atoms with Gasteiger partial charge in [-0.2, -0.15) is 5.10 Å². The third-order valence-electron chi connectivity index (χ3n) is 3.19. The Kier molecular flexibility index (Phi) is 2.75. The molecule has 1 fully saturated rings. The van der Waals surface area contributed by atoms with Gasteiger partial charge in [0.25, 0.3) is 0 Å². The summed E-state index contributed by atoms with van der Waals surface area (Å²) >= 11 is 0. The first-order valence-corrected chi connectivity index (χ1v) is 7.10. The van der Waals surface area contributed by atoms with Crippen molar-refractivity contribution in [3.8, 4) is 0 Å². The van der Waals surface area contributed by atoms with E-state index in [0.717, 1.165) is 0 Å². The summed E-state index contributed by atoms with van der Waals surface area (Å²) in [6.45, 7) is 2.33. The largest absolute Gasteiger partial charge is 0.324 e. The van der Waals surface area contributed by atoms with Crippen LogP contribution in [0, 0.1) is 0 Å². The number of aromatic nitrogens is 3. The zero-order valence-corrected chi connectivity index (χ0v) is 10.0. The van der Waals surface area contributed by atoms with E-state index in [0.29, 0.717) is 31.0 Å². The highest BCUT2D eigenvalue weighted by Gasteiger charge is 2.37. The second-order valence-electron chi connectivity index (χ2n) is 4.52. The SMILES string of the molecule is CC1(c2n[nH]c(CN)n2)CCS(=O)(=O)CC1. The van der Waals surface area contributed by atoms with Crippen LogP contribution in [0.4, 0.5) is 0 Å². The van der Waals surface area contributed by atoms with Gasteiger partial charge < -0.3 is 5.73 Å². The molecule has 3 N–H and O–H groups in total. The molecule has 16 heavy (non-hydrogen) atoms. The minimum atomic E-state index is -2.85. The zero-order chi connectivity index (χ0) is 11.8. The van der Waals surface area contributed by atoms with Gasteiger partial charge in [0.2, 0.25) is 0 Å². The van der Waals surface area contributed by atoms with Crippen molar-refractivity contribution in [1.82, 2.24) is 15.2 Å². The molecular weight excluding hydrogens is 228 g/mol. The Bertz CT molecular complexity index is 465. The highest BCUT2D eigenvalue weighted by molar-refractivity contribution is 7.91. The van der Waals surface area contributed by atoms with Crippen LogP contribution >= 0.6 is 0 Å². The van der Waals surface area contributed by atoms with Crippen molar-refractivity contribution in [1.29, 1.82) is 0 Å². The van der Waals surface area contributed by atoms with Crippen molar-refractivity contribution >= 4 is 9.84 Å². The van der Waals surface area contributed by atoms with Crippen molar-refractivity contribution in [3.05, 3.63) is 11.6 Å². The van der Waals surface area contributed by atoms with Crippen LogP contribution in [0.15, 0.2) is 0 Å². The summed E-state index contributed by atoms with van der Waals surface area (Å²) in [5.41, 5.74) is 5.21. The maximum absolute atomic E-state index is 11.4. The molecule has 6 nitrogen and oxygen atoms in total. The molecule has 90 valence electrons. The molecule has 1 saturated heterocycles. The van der Waals surface area contributed by atoms with E-state index in [1.54, 1.807) is 0 Å². The standard InChI is InChI=1S/C9H16N4O2S/c1-9(2-4-16(14,15)5-3-9)8-11-7(6-10)12-13-8/h2-6,10H2,1H3,(H,11,12,13). The average molecular weight is 244 g/mol. The molecule has 0 aliphatic carbocycles. The lowest BCUT2D eigenvalue weighted by atomic mass is 9.83. The second kappa shape index (κ2) is 3.81. The van der Waals surface area contributed by atoms with E-state index in [1.807, 2.05) is 6.92 Å². The van der Waals surface area contributed by atoms with Gasteiger partial charge in [0, 0.05) is 5.41 Å². The third kappa shape index (κ3) is 2.10. The van der Waals surface area contributed by atoms with Gasteiger partial charge in [-0.25, -0.2) is 13.4 Å². The number of aromatic amines is 1. The van der Waals surface area contributed by atoms with Crippen LogP contribution in [0.5, 0.6) is 0 Å². The maximum Gasteiger partial charge on any atom is 0.156 e. The van der Waals surface area contributed by atoms with Gasteiger partial charge in [-0.1, -0.05) is 6.92 Å². The lowest BCUT2D eigenvalue weighted by Gasteiger charge is -2.30. The summed E-state index contributed by atoms with van der Waals surface area (Å²) in [4.78, 5) is 4.29. The van der Waals surface area contributed by atoms with Gasteiger partial charge in [0.05, 0.1) is 18.1 Å². The number of nitrogens with zero attached hydrogens (tertiary/aromatic N) is 2. The van der Waals surface area contributed by atoms with E-state index in [4.69, 9.17) is 5.73 Å². The molecule has 0 unspecified atom stereocenters. The maximum atomic E-state index is 11.4. The Labute approximate surface area is 94.6 Å². The third-order valence-corrected chi connectivity index (χ3v) is 4.85. The molecule has 1 aromatic rings. The normalized spacial score (nSPS) is 23.1. The van der Waals surface area contributed by atoms with Crippen LogP contribution in [0.1, 0.15) is 31.4 Å². The fourth-order valence-corrected chi connectivity index (χ4v) is 3.60. The first-order chi connectivity index (χ1) is 7.45. The first-order valence-electron chi connectivity index (χ1n) is 5.27. The number of H-pyrrole nitrogens is 1. The fraction of sp³-hybridized carbons (Fsp3) is 0.778. The van der Waals surface area contributed by atoms with Crippen molar-refractivity contribution in [3.63, 3.8) is 0 Å². The number of nitrogens with two attached hydrogens (primary N) is 1. The van der Waals surface area contributed by atoms with E-state index in [2.05, 4.69) is 15.2 Å². The molecule has 7 heteroatoms. The highest BCUT2D eigenvalue weighted by Crippen LogP contribution is 2.33. The topological polar surface area (TPSA) is 102 Å². The smallest absolute Gasteiger partial charge is 0.156 e. The van der Waals surface area contributed by atoms with Crippen LogP contribution in [0.25, 0.3) is 0 Å². The number of nitrogens with one attached hydrogen (secondary N) is 1. The monoisotopic (exact) mass is 244 g/mol. The zero-order valence-electron chi connectivity index (χ0n) is 9.23. The second-order valence-corrected chi connectivity index (χ2v) is 6.83. The predicted octanol–water partition coefficient (Wildman–Crippen LogP) is -0.270. The predicted molar refractivity (Wildman–Crippen MR) is 59.5 cm³/mol. The van der Waals surface area contributed by atoms with Crippen molar-refractivity contribution < 1.29 is 8.42 Å². The summed E-state index contributed by atoms with van der Waals surface area (Å²) in [5.74, 6) is 1.76. The molecule has 1 aliphatic rings. The number of hydrogen-bond donors (Lipinski definition) is 2. The van der Waals surface area contributed by atoms with Gasteiger partial charge in [0.1, 0.15) is 15.7 Å². The van der Waals surface area contributed by atoms with E-state index in [-0.39, 0.29) is 16.9 Å². The average Bonchev–Trinajstić information content (AvgIpc) is 2.72. The molecule has 1 aliphatic heterocycles. The Morgan fingerprint density at radius 3 is 2.56 bits per heavy atom. The van der Waals surface area contributed by atoms with E-state index in [9.17, 15) is 8.42 Å². The molecule has 2 heterocycles. The van der Waals surface area contributed by atoms with Crippen LogP contribution in [0.3, 0.4) is 0 Å². The van der Waals surface area contributed by atoms with Gasteiger partial charge >= 0.3 is 0 Å². The minimum absolute atomic E-state index is 0.218. The van der Waals surface area contributed by atoms with Crippen molar-refractivity contribution in [2.75, 3.05) is 11.5 Å². The quantitative estimate of drug-likeness (QED) is 0.745. The van der Waals surface area contributed by atoms with Crippen LogP contribution in [-0.4, -0.2) is 35.1 Å². The van der Waals surface area contributed by atoms with Gasteiger partial charge in [-0.15, -0.1) is 0 Å². The van der Waals surface area contributed by atoms with Crippen LogP contribution in [0.2, 0.25) is 0 Å². The fourth-order valence-electron chi connectivity index (χ4n) is 1.87. The van der Waals surface area contributed by atoms with Gasteiger partial charge in [0.15, 0.2) is 5.82 Å². The first kappa shape index (κ1) is 11.5. The Balaban J connectivity index is 2.20. The van der Waals surface area contributed by atoms with Gasteiger partial charge in [-0.3, -0.25) is 5.10 Å². The summed E-state index contributed by atoms with van der Waals surface area (Å²) < 4.78 is 22.7. The molecule has 0 aromatic carbocycles. The lowest BCUT2D eigenvalue weighted by Crippen LogP contribution is -2.35. The summed E-state index contributed by atoms with van der Waals surface area (Å²) in [7, 11) is -2.85. The Morgan fingerprint density at radius 2 is 2.06 bits per heavy atom. The molecule has 0 amide bonds. The molecule has 2 rings (SSSR count). The Morgan fingerprint density at radius 1 is 1.44 bits per heavy atom. The summed E-state index contributed by atoms with van der Waals surface area (Å²) in [6, 6.07) is 0. The van der Waals surface area contributed by atoms with Crippen LogP contribution in [-0.2, 0) is 21.8 Å². The minimum Gasteiger partial charge on any atom is -0.324 e. The Hall–Kier alpha value is -0.950. The summed E-state index contributed by atoms with van der Waals surface area (Å²) in [5, 5.41) is 6.88. The van der Waals surface area contributed by atoms with Crippen LogP contribution < -0.4 is 5.73 Å². The number of sulfone groups is 1. The van der Waals surface area contributed by atoms with Gasteiger partial charge in [-0.05, 0) is 12.8 Å². The van der Waals surface area contributed by atoms with E-state index in [1.165, 1.54) is 0 Å². The summed E-state index contributed by atoms with van der Waals surface area (Å²) in [6.07, 6.45) is 1.16. The van der Waals surface area contributed by atoms with Crippen molar-refractivity contribution in [2.24, 2.45) is 5.73 Å². The molecule has 0 saturated carbocycles. The molecule has 0 spiro atoms. The number of hydrogen-bond acceptors (Lipinski definition) is 5. The molecule has 0 radical (unpaired) electrons. The van der Waals surface area contributed by atoms with E-state index < -0.39 is 9.84 Å². The highest BCUT2D eigenvalue weighted by atomic mass is 32.2. The lowest BCUT2D eigenvalue weighted by molar-refractivity contribution is 0.396. The molecular formula is C9H16N4O2S. The molecule has 0 atom stereocenters.